The summed E-state index contributed by atoms with van der Waals surface area (Å²) in [5.74, 6) is 0.718. The summed E-state index contributed by atoms with van der Waals surface area (Å²) in [5.41, 5.74) is 0. The summed E-state index contributed by atoms with van der Waals surface area (Å²) in [6.45, 7) is 0. The van der Waals surface area contributed by atoms with Gasteiger partial charge in [0.15, 0.2) is 0 Å². The second kappa shape index (κ2) is 4.62. The van der Waals surface area contributed by atoms with Gasteiger partial charge in [0.2, 0.25) is 5.91 Å². The third kappa shape index (κ3) is 4.28. The number of nitrogens with zero attached hydrogens (tertiary/aromatic N) is 1. The Kier molecular flexibility index (Phi) is 4.50. The van der Waals surface area contributed by atoms with Crippen LogP contribution in [-0.2, 0) is 4.79 Å². The Morgan fingerprint density at radius 2 is 2.11 bits per heavy atom. The van der Waals surface area contributed by atoms with Gasteiger partial charge in [0.05, 0.1) is 0 Å². The van der Waals surface area contributed by atoms with Gasteiger partial charge in [-0.2, -0.15) is 0 Å². The summed E-state index contributed by atoms with van der Waals surface area (Å²) in [6, 6.07) is 0. The molecule has 0 atom stereocenters. The lowest BCUT2D eigenvalue weighted by atomic mass is 10.3. The monoisotopic (exact) mass is 149 g/mol. The van der Waals surface area contributed by atoms with Gasteiger partial charge in [-0.1, -0.05) is 0 Å². The van der Waals surface area contributed by atoms with E-state index in [4.69, 9.17) is 11.6 Å². The number of hydrogen-bond donors (Lipinski definition) is 0. The first-order valence-corrected chi connectivity index (χ1v) is 3.48. The van der Waals surface area contributed by atoms with Crippen LogP contribution >= 0.6 is 11.6 Å². The minimum atomic E-state index is 0.149. The fourth-order valence-corrected chi connectivity index (χ4v) is 0.575. The van der Waals surface area contributed by atoms with E-state index in [0.717, 1.165) is 6.42 Å². The number of rotatable bonds is 3. The molecule has 0 saturated heterocycles. The van der Waals surface area contributed by atoms with Crippen molar-refractivity contribution < 1.29 is 4.79 Å². The van der Waals surface area contributed by atoms with Gasteiger partial charge in [-0.15, -0.1) is 11.6 Å². The van der Waals surface area contributed by atoms with E-state index in [-0.39, 0.29) is 5.91 Å². The van der Waals surface area contributed by atoms with Gasteiger partial charge in [0, 0.05) is 26.4 Å². The highest BCUT2D eigenvalue weighted by molar-refractivity contribution is 6.17. The Balaban J connectivity index is 3.28. The van der Waals surface area contributed by atoms with Crippen molar-refractivity contribution in [1.29, 1.82) is 0 Å². The van der Waals surface area contributed by atoms with E-state index in [1.54, 1.807) is 19.0 Å². The molecule has 54 valence electrons. The molecule has 0 aromatic heterocycles. The zero-order valence-corrected chi connectivity index (χ0v) is 6.61. The van der Waals surface area contributed by atoms with E-state index < -0.39 is 0 Å². The Bertz CT molecular complexity index is 93.1. The van der Waals surface area contributed by atoms with Gasteiger partial charge in [-0.05, 0) is 6.42 Å². The van der Waals surface area contributed by atoms with Gasteiger partial charge in [-0.3, -0.25) is 4.79 Å². The van der Waals surface area contributed by atoms with E-state index in [1.807, 2.05) is 0 Å². The first kappa shape index (κ1) is 8.76. The van der Waals surface area contributed by atoms with Crippen LogP contribution in [0.15, 0.2) is 0 Å². The van der Waals surface area contributed by atoms with Crippen molar-refractivity contribution in [3.8, 4) is 0 Å². The van der Waals surface area contributed by atoms with E-state index in [2.05, 4.69) is 0 Å². The molecule has 0 aliphatic rings. The zero-order chi connectivity index (χ0) is 7.28. The van der Waals surface area contributed by atoms with Crippen LogP contribution in [0.25, 0.3) is 0 Å². The third-order valence-electron chi connectivity index (χ3n) is 1.02. The van der Waals surface area contributed by atoms with Gasteiger partial charge in [-0.25, -0.2) is 0 Å². The van der Waals surface area contributed by atoms with E-state index in [9.17, 15) is 4.79 Å². The lowest BCUT2D eigenvalue weighted by Gasteiger charge is -2.07. The van der Waals surface area contributed by atoms with E-state index in [0.29, 0.717) is 12.3 Å². The maximum atomic E-state index is 10.8. The number of halogens is 1. The molecule has 0 rings (SSSR count). The second-order valence-electron chi connectivity index (χ2n) is 2.08. The molecule has 0 fully saturated rings. The maximum absolute atomic E-state index is 10.8. The summed E-state index contributed by atoms with van der Waals surface area (Å²) in [4.78, 5) is 12.3. The Hall–Kier alpha value is -0.240. The SMILES string of the molecule is CN(C)C(=O)CCCCl. The predicted octanol–water partition coefficient (Wildman–Crippen LogP) is 1.09. The molecule has 0 heterocycles. The van der Waals surface area contributed by atoms with Crippen LogP contribution in [0.5, 0.6) is 0 Å². The van der Waals surface area contributed by atoms with Gasteiger partial charge < -0.3 is 4.90 Å². The summed E-state index contributed by atoms with van der Waals surface area (Å²) < 4.78 is 0. The topological polar surface area (TPSA) is 20.3 Å². The summed E-state index contributed by atoms with van der Waals surface area (Å²) in [6.07, 6.45) is 1.34. The average molecular weight is 150 g/mol. The first-order chi connectivity index (χ1) is 4.18. The molecule has 0 unspecified atom stereocenters. The summed E-state index contributed by atoms with van der Waals surface area (Å²) >= 11 is 5.38. The van der Waals surface area contributed by atoms with Crippen LogP contribution in [0.1, 0.15) is 12.8 Å². The average Bonchev–Trinajstić information content (AvgIpc) is 1.82. The molecular formula is C6H12ClNO. The molecule has 0 aliphatic heterocycles. The number of alkyl halides is 1. The van der Waals surface area contributed by atoms with Gasteiger partial charge in [0.1, 0.15) is 0 Å². The fraction of sp³-hybridized carbons (Fsp3) is 0.833. The lowest BCUT2D eigenvalue weighted by Crippen LogP contribution is -2.21. The van der Waals surface area contributed by atoms with Crippen LogP contribution in [0.2, 0.25) is 0 Å². The van der Waals surface area contributed by atoms with Crippen molar-refractivity contribution in [2.45, 2.75) is 12.8 Å². The zero-order valence-electron chi connectivity index (χ0n) is 5.85. The van der Waals surface area contributed by atoms with Crippen molar-refractivity contribution in [2.24, 2.45) is 0 Å². The molecule has 3 heteroatoms. The maximum Gasteiger partial charge on any atom is 0.222 e. The largest absolute Gasteiger partial charge is 0.349 e. The molecule has 0 aromatic rings. The highest BCUT2D eigenvalue weighted by atomic mass is 35.5. The second-order valence-corrected chi connectivity index (χ2v) is 2.46. The quantitative estimate of drug-likeness (QED) is 0.551. The summed E-state index contributed by atoms with van der Waals surface area (Å²) in [7, 11) is 3.49. The standard InChI is InChI=1S/C6H12ClNO/c1-8(2)6(9)4-3-5-7/h3-5H2,1-2H3. The molecule has 2 nitrogen and oxygen atoms in total. The smallest absolute Gasteiger partial charge is 0.222 e. The first-order valence-electron chi connectivity index (χ1n) is 2.94. The number of hydrogen-bond acceptors (Lipinski definition) is 1. The van der Waals surface area contributed by atoms with Crippen molar-refractivity contribution >= 4 is 17.5 Å². The van der Waals surface area contributed by atoms with Crippen LogP contribution in [0.4, 0.5) is 0 Å². The molecule has 0 aliphatic carbocycles. The molecular weight excluding hydrogens is 138 g/mol. The number of carbonyl (C=O) groups is 1. The lowest BCUT2D eigenvalue weighted by molar-refractivity contribution is -0.128. The summed E-state index contributed by atoms with van der Waals surface area (Å²) in [5, 5.41) is 0. The van der Waals surface area contributed by atoms with Crippen LogP contribution < -0.4 is 0 Å². The van der Waals surface area contributed by atoms with Crippen LogP contribution in [0.3, 0.4) is 0 Å². The molecule has 0 spiro atoms. The van der Waals surface area contributed by atoms with Crippen molar-refractivity contribution in [1.82, 2.24) is 4.90 Å². The van der Waals surface area contributed by atoms with E-state index >= 15 is 0 Å². The molecule has 0 bridgehead atoms. The number of amides is 1. The van der Waals surface area contributed by atoms with Gasteiger partial charge >= 0.3 is 0 Å². The molecule has 9 heavy (non-hydrogen) atoms. The molecule has 0 saturated carbocycles. The molecule has 0 aromatic carbocycles. The molecule has 0 N–H and O–H groups in total. The van der Waals surface area contributed by atoms with E-state index in [1.165, 1.54) is 0 Å². The van der Waals surface area contributed by atoms with Gasteiger partial charge in [0.25, 0.3) is 0 Å². The van der Waals surface area contributed by atoms with Crippen molar-refractivity contribution in [3.05, 3.63) is 0 Å². The Labute approximate surface area is 60.8 Å². The Morgan fingerprint density at radius 3 is 2.44 bits per heavy atom. The minimum absolute atomic E-state index is 0.149. The van der Waals surface area contributed by atoms with Crippen LogP contribution in [0, 0.1) is 0 Å². The van der Waals surface area contributed by atoms with Crippen molar-refractivity contribution in [3.63, 3.8) is 0 Å². The van der Waals surface area contributed by atoms with Crippen molar-refractivity contribution in [2.75, 3.05) is 20.0 Å². The normalized spacial score (nSPS) is 9.22. The predicted molar refractivity (Wildman–Crippen MR) is 38.6 cm³/mol. The van der Waals surface area contributed by atoms with Crippen LogP contribution in [-0.4, -0.2) is 30.8 Å². The highest BCUT2D eigenvalue weighted by Crippen LogP contribution is 1.94. The fourth-order valence-electron chi connectivity index (χ4n) is 0.442. The minimum Gasteiger partial charge on any atom is -0.349 e. The third-order valence-corrected chi connectivity index (χ3v) is 1.29. The highest BCUT2D eigenvalue weighted by Gasteiger charge is 2.00. The Morgan fingerprint density at radius 1 is 1.56 bits per heavy atom. The molecule has 0 radical (unpaired) electrons. The number of carbonyl (C=O) groups excluding carboxylic acids is 1. The molecule has 1 amide bonds.